The predicted octanol–water partition coefficient (Wildman–Crippen LogP) is 3.14. The quantitative estimate of drug-likeness (QED) is 0.615. The molecule has 2 rings (SSSR count). The molecule has 66 valence electrons. The summed E-state index contributed by atoms with van der Waals surface area (Å²) < 4.78 is 0. The van der Waals surface area contributed by atoms with Crippen LogP contribution in [0.15, 0.2) is 41.4 Å². The van der Waals surface area contributed by atoms with Crippen molar-refractivity contribution < 1.29 is 0 Å². The molecule has 0 saturated heterocycles. The van der Waals surface area contributed by atoms with Gasteiger partial charge in [-0.2, -0.15) is 0 Å². The smallest absolute Gasteiger partial charge is 0.0668 e. The average molecular weight is 171 g/mol. The molecule has 0 radical (unpaired) electrons. The maximum Gasteiger partial charge on any atom is 0.0668 e. The van der Waals surface area contributed by atoms with Crippen LogP contribution in [-0.4, -0.2) is 5.71 Å². The minimum absolute atomic E-state index is 0.496. The molecule has 1 aromatic carbocycles. The SMILES string of the molecule is CC1=NC(c2ccccc2)=CC1C. The van der Waals surface area contributed by atoms with E-state index in [9.17, 15) is 0 Å². The van der Waals surface area contributed by atoms with Crippen LogP contribution in [0.1, 0.15) is 19.4 Å². The first-order chi connectivity index (χ1) is 6.27. The Morgan fingerprint density at radius 3 is 2.38 bits per heavy atom. The molecule has 0 bridgehead atoms. The van der Waals surface area contributed by atoms with E-state index in [-0.39, 0.29) is 0 Å². The molecule has 0 fully saturated rings. The molecule has 0 spiro atoms. The molecule has 0 N–H and O–H groups in total. The topological polar surface area (TPSA) is 12.4 Å². The second-order valence-electron chi connectivity index (χ2n) is 3.46. The van der Waals surface area contributed by atoms with Crippen LogP contribution in [0.2, 0.25) is 0 Å². The summed E-state index contributed by atoms with van der Waals surface area (Å²) in [5, 5.41) is 0. The molecule has 0 amide bonds. The summed E-state index contributed by atoms with van der Waals surface area (Å²) in [6, 6.07) is 10.3. The Balaban J connectivity index is 2.35. The highest BCUT2D eigenvalue weighted by atomic mass is 14.8. The number of hydrogen-bond donors (Lipinski definition) is 0. The first-order valence-electron chi connectivity index (χ1n) is 4.60. The van der Waals surface area contributed by atoms with E-state index in [1.807, 2.05) is 18.2 Å². The number of allylic oxidation sites excluding steroid dienone is 1. The van der Waals surface area contributed by atoms with Crippen molar-refractivity contribution in [1.82, 2.24) is 0 Å². The van der Waals surface area contributed by atoms with Crippen molar-refractivity contribution in [3.8, 4) is 0 Å². The van der Waals surface area contributed by atoms with Crippen molar-refractivity contribution in [3.05, 3.63) is 42.0 Å². The highest BCUT2D eigenvalue weighted by Gasteiger charge is 2.13. The van der Waals surface area contributed by atoms with Crippen LogP contribution >= 0.6 is 0 Å². The van der Waals surface area contributed by atoms with Crippen molar-refractivity contribution in [2.24, 2.45) is 10.9 Å². The fourth-order valence-corrected chi connectivity index (χ4v) is 1.46. The number of aliphatic imine (C=N–C) groups is 1. The van der Waals surface area contributed by atoms with Crippen molar-refractivity contribution in [1.29, 1.82) is 0 Å². The van der Waals surface area contributed by atoms with Gasteiger partial charge in [-0.25, -0.2) is 0 Å². The van der Waals surface area contributed by atoms with E-state index < -0.39 is 0 Å². The van der Waals surface area contributed by atoms with Crippen LogP contribution in [0, 0.1) is 5.92 Å². The van der Waals surface area contributed by atoms with E-state index in [2.05, 4.69) is 37.0 Å². The molecule has 1 heteroatoms. The van der Waals surface area contributed by atoms with E-state index in [0.29, 0.717) is 5.92 Å². The molecule has 1 heterocycles. The van der Waals surface area contributed by atoms with E-state index in [0.717, 1.165) is 5.70 Å². The van der Waals surface area contributed by atoms with Crippen LogP contribution < -0.4 is 0 Å². The Hall–Kier alpha value is -1.37. The number of nitrogens with zero attached hydrogens (tertiary/aromatic N) is 1. The van der Waals surface area contributed by atoms with Crippen molar-refractivity contribution >= 4 is 11.4 Å². The monoisotopic (exact) mass is 171 g/mol. The standard InChI is InChI=1S/C12H13N/c1-9-8-12(13-10(9)2)11-6-4-3-5-7-11/h3-9H,1-2H3. The molecule has 1 aromatic rings. The molecule has 0 aliphatic carbocycles. The lowest BCUT2D eigenvalue weighted by atomic mass is 10.1. The summed E-state index contributed by atoms with van der Waals surface area (Å²) in [6.07, 6.45) is 2.21. The lowest BCUT2D eigenvalue weighted by Gasteiger charge is -1.96. The summed E-state index contributed by atoms with van der Waals surface area (Å²) in [5.74, 6) is 0.496. The van der Waals surface area contributed by atoms with Gasteiger partial charge in [0.25, 0.3) is 0 Å². The second-order valence-corrected chi connectivity index (χ2v) is 3.46. The molecular formula is C12H13N. The van der Waals surface area contributed by atoms with Gasteiger partial charge < -0.3 is 0 Å². The van der Waals surface area contributed by atoms with Gasteiger partial charge in [0.1, 0.15) is 0 Å². The average Bonchev–Trinajstić information content (AvgIpc) is 2.49. The Labute approximate surface area is 78.8 Å². The van der Waals surface area contributed by atoms with Crippen LogP contribution in [0.4, 0.5) is 0 Å². The first-order valence-corrected chi connectivity index (χ1v) is 4.60. The summed E-state index contributed by atoms with van der Waals surface area (Å²) in [6.45, 7) is 4.26. The minimum Gasteiger partial charge on any atom is -0.257 e. The Morgan fingerprint density at radius 2 is 1.85 bits per heavy atom. The minimum atomic E-state index is 0.496. The van der Waals surface area contributed by atoms with Crippen molar-refractivity contribution in [2.45, 2.75) is 13.8 Å². The fraction of sp³-hybridized carbons (Fsp3) is 0.250. The number of benzene rings is 1. The molecule has 0 saturated carbocycles. The molecule has 13 heavy (non-hydrogen) atoms. The van der Waals surface area contributed by atoms with Crippen LogP contribution in [0.3, 0.4) is 0 Å². The predicted molar refractivity (Wildman–Crippen MR) is 56.7 cm³/mol. The summed E-state index contributed by atoms with van der Waals surface area (Å²) in [4.78, 5) is 4.52. The zero-order chi connectivity index (χ0) is 9.26. The third-order valence-electron chi connectivity index (χ3n) is 2.43. The molecule has 1 atom stereocenters. The fourth-order valence-electron chi connectivity index (χ4n) is 1.46. The van der Waals surface area contributed by atoms with Gasteiger partial charge >= 0.3 is 0 Å². The lowest BCUT2D eigenvalue weighted by molar-refractivity contribution is 1.02. The maximum atomic E-state index is 4.52. The molecule has 1 aliphatic rings. The molecule has 1 unspecified atom stereocenters. The summed E-state index contributed by atoms with van der Waals surface area (Å²) in [7, 11) is 0. The lowest BCUT2D eigenvalue weighted by Crippen LogP contribution is -1.96. The Morgan fingerprint density at radius 1 is 1.15 bits per heavy atom. The third kappa shape index (κ3) is 1.55. The normalized spacial score (nSPS) is 21.2. The molecule has 0 aromatic heterocycles. The van der Waals surface area contributed by atoms with E-state index in [1.165, 1.54) is 11.3 Å². The van der Waals surface area contributed by atoms with Gasteiger partial charge in [-0.15, -0.1) is 0 Å². The number of hydrogen-bond acceptors (Lipinski definition) is 1. The van der Waals surface area contributed by atoms with Gasteiger partial charge in [-0.1, -0.05) is 37.3 Å². The van der Waals surface area contributed by atoms with E-state index in [4.69, 9.17) is 0 Å². The van der Waals surface area contributed by atoms with Gasteiger partial charge in [0.2, 0.25) is 0 Å². The van der Waals surface area contributed by atoms with Crippen LogP contribution in [0.5, 0.6) is 0 Å². The maximum absolute atomic E-state index is 4.52. The number of rotatable bonds is 1. The zero-order valence-corrected chi connectivity index (χ0v) is 7.99. The highest BCUT2D eigenvalue weighted by molar-refractivity contribution is 5.95. The van der Waals surface area contributed by atoms with Gasteiger partial charge in [-0.3, -0.25) is 4.99 Å². The highest BCUT2D eigenvalue weighted by Crippen LogP contribution is 2.24. The largest absolute Gasteiger partial charge is 0.257 e. The van der Waals surface area contributed by atoms with Gasteiger partial charge in [-0.05, 0) is 18.6 Å². The van der Waals surface area contributed by atoms with Gasteiger partial charge in [0.15, 0.2) is 0 Å². The Kier molecular flexibility index (Phi) is 2.01. The summed E-state index contributed by atoms with van der Waals surface area (Å²) >= 11 is 0. The molecular weight excluding hydrogens is 158 g/mol. The summed E-state index contributed by atoms with van der Waals surface area (Å²) in [5.41, 5.74) is 3.54. The van der Waals surface area contributed by atoms with Gasteiger partial charge in [0, 0.05) is 11.6 Å². The zero-order valence-electron chi connectivity index (χ0n) is 7.99. The first kappa shape index (κ1) is 8.24. The molecule has 1 nitrogen and oxygen atoms in total. The Bertz CT molecular complexity index is 360. The second kappa shape index (κ2) is 3.17. The van der Waals surface area contributed by atoms with Crippen LogP contribution in [0.25, 0.3) is 5.70 Å². The van der Waals surface area contributed by atoms with E-state index >= 15 is 0 Å². The van der Waals surface area contributed by atoms with Crippen LogP contribution in [-0.2, 0) is 0 Å². The molecule has 1 aliphatic heterocycles. The van der Waals surface area contributed by atoms with Crippen molar-refractivity contribution in [3.63, 3.8) is 0 Å². The van der Waals surface area contributed by atoms with E-state index in [1.54, 1.807) is 0 Å². The third-order valence-corrected chi connectivity index (χ3v) is 2.43. The van der Waals surface area contributed by atoms with Crippen molar-refractivity contribution in [2.75, 3.05) is 0 Å². The van der Waals surface area contributed by atoms with Gasteiger partial charge in [0.05, 0.1) is 5.70 Å².